The quantitative estimate of drug-likeness (QED) is 0.667. The van der Waals surface area contributed by atoms with Gasteiger partial charge in [-0.3, -0.25) is 0 Å². The first-order valence-electron chi connectivity index (χ1n) is 7.14. The third-order valence-electron chi connectivity index (χ3n) is 4.29. The van der Waals surface area contributed by atoms with Crippen LogP contribution in [0.2, 0.25) is 0 Å². The fourth-order valence-electron chi connectivity index (χ4n) is 2.44. The molecule has 0 aromatic rings. The maximum atomic E-state index is 9.06. The zero-order valence-corrected chi connectivity index (χ0v) is 12.5. The molecule has 18 heavy (non-hydrogen) atoms. The minimum absolute atomic E-state index is 0.336. The summed E-state index contributed by atoms with van der Waals surface area (Å²) >= 11 is 0. The molecule has 0 heterocycles. The number of rotatable bonds is 3. The van der Waals surface area contributed by atoms with Gasteiger partial charge in [-0.05, 0) is 50.4 Å². The second-order valence-corrected chi connectivity index (χ2v) is 6.83. The van der Waals surface area contributed by atoms with Crippen molar-refractivity contribution in [3.8, 4) is 6.07 Å². The summed E-state index contributed by atoms with van der Waals surface area (Å²) in [7, 11) is 0. The highest BCUT2D eigenvalue weighted by Gasteiger charge is 2.30. The van der Waals surface area contributed by atoms with Crippen LogP contribution in [0.5, 0.6) is 0 Å². The number of nitriles is 1. The summed E-state index contributed by atoms with van der Waals surface area (Å²) in [5.74, 6) is 0.803. The first kappa shape index (κ1) is 15.1. The van der Waals surface area contributed by atoms with Crippen LogP contribution in [0, 0.1) is 22.7 Å². The Morgan fingerprint density at radius 2 is 1.67 bits per heavy atom. The molecule has 1 atom stereocenters. The van der Waals surface area contributed by atoms with Crippen LogP contribution < -0.4 is 0 Å². The van der Waals surface area contributed by atoms with Crippen molar-refractivity contribution >= 4 is 0 Å². The van der Waals surface area contributed by atoms with E-state index in [0.717, 1.165) is 25.2 Å². The molecule has 0 aliphatic heterocycles. The van der Waals surface area contributed by atoms with E-state index in [0.29, 0.717) is 11.5 Å². The van der Waals surface area contributed by atoms with Crippen LogP contribution in [0.25, 0.3) is 0 Å². The Morgan fingerprint density at radius 1 is 1.11 bits per heavy atom. The first-order valence-corrected chi connectivity index (χ1v) is 7.14. The summed E-state index contributed by atoms with van der Waals surface area (Å²) in [5.41, 5.74) is -0.215. The third-order valence-corrected chi connectivity index (χ3v) is 4.29. The van der Waals surface area contributed by atoms with Gasteiger partial charge in [-0.2, -0.15) is 15.5 Å². The van der Waals surface area contributed by atoms with E-state index in [4.69, 9.17) is 5.26 Å². The molecular formula is C15H27N3. The largest absolute Gasteiger partial charge is 0.196 e. The highest BCUT2D eigenvalue weighted by Crippen LogP contribution is 2.38. The second-order valence-electron chi connectivity index (χ2n) is 6.83. The van der Waals surface area contributed by atoms with Crippen LogP contribution in [0.1, 0.15) is 66.7 Å². The monoisotopic (exact) mass is 249 g/mol. The molecule has 3 heteroatoms. The zero-order chi connectivity index (χ0) is 13.8. The zero-order valence-electron chi connectivity index (χ0n) is 12.5. The maximum Gasteiger partial charge on any atom is 0.164 e. The van der Waals surface area contributed by atoms with E-state index < -0.39 is 5.54 Å². The van der Waals surface area contributed by atoms with E-state index in [1.165, 1.54) is 12.8 Å². The predicted molar refractivity (Wildman–Crippen MR) is 74.4 cm³/mol. The third kappa shape index (κ3) is 4.08. The van der Waals surface area contributed by atoms with Gasteiger partial charge in [0.05, 0.1) is 12.1 Å². The molecule has 1 aliphatic rings. The van der Waals surface area contributed by atoms with E-state index in [1.54, 1.807) is 0 Å². The molecule has 1 unspecified atom stereocenters. The van der Waals surface area contributed by atoms with E-state index in [-0.39, 0.29) is 0 Å². The normalized spacial score (nSPS) is 28.9. The molecule has 102 valence electrons. The molecule has 3 nitrogen and oxygen atoms in total. The Morgan fingerprint density at radius 3 is 2.06 bits per heavy atom. The summed E-state index contributed by atoms with van der Waals surface area (Å²) in [6.07, 6.45) is 5.45. The Hall–Kier alpha value is -0.910. The number of hydrogen-bond donors (Lipinski definition) is 0. The predicted octanol–water partition coefficient (Wildman–Crippen LogP) is 4.74. The van der Waals surface area contributed by atoms with Gasteiger partial charge in [0.1, 0.15) is 0 Å². The summed E-state index contributed by atoms with van der Waals surface area (Å²) in [6, 6.07) is 2.58. The average molecular weight is 249 g/mol. The Balaban J connectivity index is 2.50. The Labute approximate surface area is 112 Å². The van der Waals surface area contributed by atoms with E-state index in [1.807, 2.05) is 13.8 Å². The lowest BCUT2D eigenvalue weighted by atomic mass is 9.71. The SMILES string of the molecule is CCC(C)(C#N)/N=N/C1CCC(C(C)(C)C)CC1. The Bertz CT molecular complexity index is 327. The molecule has 0 radical (unpaired) electrons. The van der Waals surface area contributed by atoms with Gasteiger partial charge < -0.3 is 0 Å². The van der Waals surface area contributed by atoms with Gasteiger partial charge in [-0.25, -0.2) is 0 Å². The topological polar surface area (TPSA) is 48.5 Å². The molecule has 0 amide bonds. The molecule has 1 aliphatic carbocycles. The van der Waals surface area contributed by atoms with Crippen molar-refractivity contribution in [2.45, 2.75) is 78.3 Å². The highest BCUT2D eigenvalue weighted by molar-refractivity contribution is 5.02. The Kier molecular flexibility index (Phi) is 4.90. The van der Waals surface area contributed by atoms with Crippen molar-refractivity contribution in [2.75, 3.05) is 0 Å². The van der Waals surface area contributed by atoms with Crippen LogP contribution in [0.4, 0.5) is 0 Å². The van der Waals surface area contributed by atoms with Crippen molar-refractivity contribution in [1.29, 1.82) is 5.26 Å². The van der Waals surface area contributed by atoms with Crippen LogP contribution in [-0.2, 0) is 0 Å². The van der Waals surface area contributed by atoms with Gasteiger partial charge in [-0.1, -0.05) is 27.7 Å². The molecule has 0 N–H and O–H groups in total. The lowest BCUT2D eigenvalue weighted by Crippen LogP contribution is -2.27. The van der Waals surface area contributed by atoms with Crippen LogP contribution >= 0.6 is 0 Å². The van der Waals surface area contributed by atoms with Crippen LogP contribution in [-0.4, -0.2) is 11.6 Å². The van der Waals surface area contributed by atoms with Gasteiger partial charge in [0.25, 0.3) is 0 Å². The summed E-state index contributed by atoms with van der Waals surface area (Å²) < 4.78 is 0. The number of hydrogen-bond acceptors (Lipinski definition) is 3. The van der Waals surface area contributed by atoms with Crippen LogP contribution in [0.15, 0.2) is 10.2 Å². The highest BCUT2D eigenvalue weighted by atomic mass is 15.2. The van der Waals surface area contributed by atoms with Crippen molar-refractivity contribution < 1.29 is 0 Å². The minimum atomic E-state index is -0.624. The van der Waals surface area contributed by atoms with E-state index >= 15 is 0 Å². The molecule has 0 spiro atoms. The second kappa shape index (κ2) is 5.82. The smallest absolute Gasteiger partial charge is 0.164 e. The van der Waals surface area contributed by atoms with Gasteiger partial charge in [0.2, 0.25) is 0 Å². The van der Waals surface area contributed by atoms with Crippen LogP contribution in [0.3, 0.4) is 0 Å². The molecule has 1 saturated carbocycles. The molecule has 1 rings (SSSR count). The fourth-order valence-corrected chi connectivity index (χ4v) is 2.44. The summed E-state index contributed by atoms with van der Waals surface area (Å²) in [4.78, 5) is 0. The molecular weight excluding hydrogens is 222 g/mol. The fraction of sp³-hybridized carbons (Fsp3) is 0.933. The van der Waals surface area contributed by atoms with Gasteiger partial charge in [0, 0.05) is 0 Å². The minimum Gasteiger partial charge on any atom is -0.196 e. The number of azo groups is 1. The molecule has 0 aromatic heterocycles. The molecule has 0 saturated heterocycles. The van der Waals surface area contributed by atoms with Gasteiger partial charge in [-0.15, -0.1) is 0 Å². The molecule has 1 fully saturated rings. The van der Waals surface area contributed by atoms with E-state index in [2.05, 4.69) is 37.1 Å². The molecule has 0 bridgehead atoms. The van der Waals surface area contributed by atoms with Crippen molar-refractivity contribution in [3.05, 3.63) is 0 Å². The molecule has 0 aromatic carbocycles. The lowest BCUT2D eigenvalue weighted by molar-refractivity contribution is 0.168. The maximum absolute atomic E-state index is 9.06. The lowest BCUT2D eigenvalue weighted by Gasteiger charge is -2.35. The van der Waals surface area contributed by atoms with Crippen molar-refractivity contribution in [1.82, 2.24) is 0 Å². The van der Waals surface area contributed by atoms with Gasteiger partial charge >= 0.3 is 0 Å². The average Bonchev–Trinajstić information content (AvgIpc) is 2.35. The first-order chi connectivity index (χ1) is 8.30. The summed E-state index contributed by atoms with van der Waals surface area (Å²) in [6.45, 7) is 10.8. The van der Waals surface area contributed by atoms with E-state index in [9.17, 15) is 0 Å². The summed E-state index contributed by atoms with van der Waals surface area (Å²) in [5, 5.41) is 17.7. The van der Waals surface area contributed by atoms with Crippen molar-refractivity contribution in [3.63, 3.8) is 0 Å². The number of nitrogens with zero attached hydrogens (tertiary/aromatic N) is 3. The van der Waals surface area contributed by atoms with Gasteiger partial charge in [0.15, 0.2) is 5.54 Å². The van der Waals surface area contributed by atoms with Crippen molar-refractivity contribution in [2.24, 2.45) is 21.6 Å². The standard InChI is InChI=1S/C15H27N3/c1-6-15(5,11-16)18-17-13-9-7-12(8-10-13)14(2,3)4/h12-13H,6-10H2,1-5H3/b18-17+.